The van der Waals surface area contributed by atoms with E-state index in [0.29, 0.717) is 6.42 Å². The molecule has 0 saturated heterocycles. The van der Waals surface area contributed by atoms with Gasteiger partial charge in [0.25, 0.3) is 0 Å². The van der Waals surface area contributed by atoms with Gasteiger partial charge in [-0.15, -0.1) is 0 Å². The molecule has 0 heterocycles. The minimum Gasteiger partial charge on any atom is -0.480 e. The molecule has 1 amide bonds. The van der Waals surface area contributed by atoms with E-state index < -0.39 is 30.0 Å². The summed E-state index contributed by atoms with van der Waals surface area (Å²) in [6.45, 7) is -1.49. The topological polar surface area (TPSA) is 66.4 Å². The average molecular weight is 225 g/mol. The second-order valence-electron chi connectivity index (χ2n) is 3.54. The Morgan fingerprint density at radius 1 is 1.33 bits per heavy atom. The van der Waals surface area contributed by atoms with Crippen LogP contribution in [0.25, 0.3) is 0 Å². The van der Waals surface area contributed by atoms with E-state index in [0.717, 1.165) is 0 Å². The van der Waals surface area contributed by atoms with Gasteiger partial charge in [0, 0.05) is 0 Å². The third-order valence-electron chi connectivity index (χ3n) is 2.50. The van der Waals surface area contributed by atoms with Crippen LogP contribution in [0.4, 0.5) is 13.2 Å². The molecule has 7 heteroatoms. The number of rotatable bonds is 3. The van der Waals surface area contributed by atoms with Crippen LogP contribution in [0.2, 0.25) is 0 Å². The molecule has 0 unspecified atom stereocenters. The first-order valence-corrected chi connectivity index (χ1v) is 4.36. The fourth-order valence-electron chi connectivity index (χ4n) is 1.42. The molecule has 0 aromatic carbocycles. The highest BCUT2D eigenvalue weighted by atomic mass is 19.4. The number of carboxylic acid groups (broad SMARTS) is 1. The summed E-state index contributed by atoms with van der Waals surface area (Å²) < 4.78 is 35.3. The van der Waals surface area contributed by atoms with Gasteiger partial charge in [0.1, 0.15) is 12.0 Å². The van der Waals surface area contributed by atoms with Gasteiger partial charge in [-0.2, -0.15) is 13.2 Å². The molecule has 1 rings (SSSR count). The third-order valence-corrected chi connectivity index (χ3v) is 2.50. The molecule has 0 radical (unpaired) electrons. The second-order valence-corrected chi connectivity index (χ2v) is 3.54. The third kappa shape index (κ3) is 2.40. The molecule has 0 atom stereocenters. The van der Waals surface area contributed by atoms with Gasteiger partial charge in [-0.05, 0) is 12.8 Å². The van der Waals surface area contributed by atoms with Crippen LogP contribution >= 0.6 is 0 Å². The lowest BCUT2D eigenvalue weighted by Crippen LogP contribution is -2.52. The first-order valence-electron chi connectivity index (χ1n) is 4.36. The number of carboxylic acids is 1. The molecule has 86 valence electrons. The Kier molecular flexibility index (Phi) is 2.92. The van der Waals surface area contributed by atoms with Gasteiger partial charge in [0.05, 0.1) is 0 Å². The number of hydrogen-bond donors (Lipinski definition) is 2. The van der Waals surface area contributed by atoms with Gasteiger partial charge < -0.3 is 10.4 Å². The van der Waals surface area contributed by atoms with Crippen molar-refractivity contribution in [3.63, 3.8) is 0 Å². The predicted octanol–water partition coefficient (Wildman–Crippen LogP) is 0.920. The largest absolute Gasteiger partial charge is 0.480 e. The van der Waals surface area contributed by atoms with Crippen LogP contribution in [0.5, 0.6) is 0 Å². The first kappa shape index (κ1) is 11.8. The van der Waals surface area contributed by atoms with Crippen molar-refractivity contribution in [2.45, 2.75) is 25.4 Å². The molecule has 0 spiro atoms. The van der Waals surface area contributed by atoms with Gasteiger partial charge in [0.2, 0.25) is 5.91 Å². The van der Waals surface area contributed by atoms with E-state index >= 15 is 0 Å². The molecule has 1 saturated carbocycles. The molecular formula is C8H10F3NO3. The number of carbonyl (C=O) groups is 2. The van der Waals surface area contributed by atoms with Gasteiger partial charge in [-0.3, -0.25) is 9.59 Å². The van der Waals surface area contributed by atoms with Crippen molar-refractivity contribution in [3.8, 4) is 0 Å². The zero-order valence-corrected chi connectivity index (χ0v) is 7.73. The van der Waals surface area contributed by atoms with Crippen LogP contribution in [0.3, 0.4) is 0 Å². The van der Waals surface area contributed by atoms with E-state index in [4.69, 9.17) is 5.11 Å². The Morgan fingerprint density at radius 2 is 1.87 bits per heavy atom. The first-order chi connectivity index (χ1) is 6.78. The monoisotopic (exact) mass is 225 g/mol. The van der Waals surface area contributed by atoms with E-state index in [2.05, 4.69) is 0 Å². The van der Waals surface area contributed by atoms with Gasteiger partial charge in [-0.1, -0.05) is 6.42 Å². The van der Waals surface area contributed by atoms with Crippen molar-refractivity contribution in [1.82, 2.24) is 5.32 Å². The fourth-order valence-corrected chi connectivity index (χ4v) is 1.42. The molecule has 1 fully saturated rings. The summed E-state index contributed by atoms with van der Waals surface area (Å²) in [5.41, 5.74) is -1.63. The van der Waals surface area contributed by atoms with Crippen molar-refractivity contribution in [2.24, 2.45) is 5.41 Å². The molecule has 1 aliphatic rings. The minimum atomic E-state index is -4.51. The van der Waals surface area contributed by atoms with E-state index in [1.54, 1.807) is 5.32 Å². The van der Waals surface area contributed by atoms with Gasteiger partial charge in [-0.25, -0.2) is 0 Å². The Morgan fingerprint density at radius 3 is 2.13 bits per heavy atom. The van der Waals surface area contributed by atoms with Crippen molar-refractivity contribution >= 4 is 11.9 Å². The van der Waals surface area contributed by atoms with Crippen LogP contribution < -0.4 is 5.32 Å². The smallest absolute Gasteiger partial charge is 0.405 e. The number of aliphatic carboxylic acids is 1. The highest BCUT2D eigenvalue weighted by Crippen LogP contribution is 2.41. The normalized spacial score (nSPS) is 19.1. The lowest BCUT2D eigenvalue weighted by atomic mass is 9.68. The summed E-state index contributed by atoms with van der Waals surface area (Å²) in [6.07, 6.45) is -3.76. The molecular weight excluding hydrogens is 215 g/mol. The van der Waals surface area contributed by atoms with Gasteiger partial charge >= 0.3 is 12.1 Å². The van der Waals surface area contributed by atoms with Crippen molar-refractivity contribution < 1.29 is 27.9 Å². The maximum Gasteiger partial charge on any atom is 0.405 e. The minimum absolute atomic E-state index is 0.103. The van der Waals surface area contributed by atoms with E-state index in [1.807, 2.05) is 0 Å². The van der Waals surface area contributed by atoms with Crippen LogP contribution in [0.1, 0.15) is 19.3 Å². The summed E-state index contributed by atoms with van der Waals surface area (Å²) in [5.74, 6) is -2.40. The summed E-state index contributed by atoms with van der Waals surface area (Å²) >= 11 is 0. The lowest BCUT2D eigenvalue weighted by molar-refractivity contribution is -0.165. The quantitative estimate of drug-likeness (QED) is 0.702. The molecule has 2 N–H and O–H groups in total. The summed E-state index contributed by atoms with van der Waals surface area (Å²) in [4.78, 5) is 22.0. The van der Waals surface area contributed by atoms with Crippen molar-refractivity contribution in [3.05, 3.63) is 0 Å². The SMILES string of the molecule is O=C(O)C1(C(=O)NCC(F)(F)F)CCC1. The molecule has 0 aromatic heterocycles. The van der Waals surface area contributed by atoms with Crippen LogP contribution in [0, 0.1) is 5.41 Å². The van der Waals surface area contributed by atoms with E-state index in [-0.39, 0.29) is 12.8 Å². The predicted molar refractivity (Wildman–Crippen MR) is 43.0 cm³/mol. The molecule has 4 nitrogen and oxygen atoms in total. The Labute approximate surface area is 83.5 Å². The zero-order chi connectivity index (χ0) is 11.7. The van der Waals surface area contributed by atoms with Gasteiger partial charge in [0.15, 0.2) is 0 Å². The van der Waals surface area contributed by atoms with E-state index in [9.17, 15) is 22.8 Å². The summed E-state index contributed by atoms with van der Waals surface area (Å²) in [6, 6.07) is 0. The summed E-state index contributed by atoms with van der Waals surface area (Å²) in [7, 11) is 0. The number of nitrogens with one attached hydrogen (secondary N) is 1. The Balaban J connectivity index is 2.56. The number of halogens is 3. The zero-order valence-electron chi connectivity index (χ0n) is 7.73. The number of alkyl halides is 3. The van der Waals surface area contributed by atoms with Crippen molar-refractivity contribution in [2.75, 3.05) is 6.54 Å². The van der Waals surface area contributed by atoms with E-state index in [1.165, 1.54) is 0 Å². The molecule has 1 aliphatic carbocycles. The van der Waals surface area contributed by atoms with Crippen LogP contribution in [-0.2, 0) is 9.59 Å². The lowest BCUT2D eigenvalue weighted by Gasteiger charge is -2.35. The summed E-state index contributed by atoms with van der Waals surface area (Å²) in [5, 5.41) is 10.3. The highest BCUT2D eigenvalue weighted by molar-refractivity contribution is 6.02. The number of carbonyl (C=O) groups excluding carboxylic acids is 1. The molecule has 0 bridgehead atoms. The number of amides is 1. The average Bonchev–Trinajstić information content (AvgIpc) is 1.96. The highest BCUT2D eigenvalue weighted by Gasteiger charge is 2.51. The maximum absolute atomic E-state index is 11.8. The van der Waals surface area contributed by atoms with Crippen molar-refractivity contribution in [1.29, 1.82) is 0 Å². The van der Waals surface area contributed by atoms with Crippen LogP contribution in [-0.4, -0.2) is 29.7 Å². The molecule has 0 aliphatic heterocycles. The maximum atomic E-state index is 11.8. The second kappa shape index (κ2) is 3.71. The standard InChI is InChI=1S/C8H10F3NO3/c9-8(10,11)4-12-5(13)7(6(14)15)2-1-3-7/h1-4H2,(H,12,13)(H,14,15). The number of hydrogen-bond acceptors (Lipinski definition) is 2. The molecule has 0 aromatic rings. The Hall–Kier alpha value is -1.27. The van der Waals surface area contributed by atoms with Crippen LogP contribution in [0.15, 0.2) is 0 Å². The molecule has 15 heavy (non-hydrogen) atoms. The Bertz CT molecular complexity index is 283. The fraction of sp³-hybridized carbons (Fsp3) is 0.750.